The maximum atomic E-state index is 12.8. The average Bonchev–Trinajstić information content (AvgIpc) is 2.20. The number of ether oxygens (including phenoxy) is 1. The van der Waals surface area contributed by atoms with Crippen LogP contribution in [0.15, 0.2) is 18.2 Å². The van der Waals surface area contributed by atoms with Crippen molar-refractivity contribution < 1.29 is 9.13 Å². The number of benzene rings is 1. The van der Waals surface area contributed by atoms with Gasteiger partial charge in [-0.05, 0) is 38.5 Å². The lowest BCUT2D eigenvalue weighted by Crippen LogP contribution is -2.27. The zero-order chi connectivity index (χ0) is 11.5. The molecule has 0 bridgehead atoms. The molecular weight excluding hydrogens is 193 g/mol. The van der Waals surface area contributed by atoms with Crippen molar-refractivity contribution in [3.05, 3.63) is 29.6 Å². The fourth-order valence-corrected chi connectivity index (χ4v) is 1.05. The Kier molecular flexibility index (Phi) is 3.31. The van der Waals surface area contributed by atoms with Crippen LogP contribution in [0.5, 0.6) is 5.75 Å². The van der Waals surface area contributed by atoms with Crippen molar-refractivity contribution in [1.29, 1.82) is 5.26 Å². The maximum Gasteiger partial charge on any atom is 0.138 e. The van der Waals surface area contributed by atoms with Crippen LogP contribution in [0.1, 0.15) is 32.8 Å². The third-order valence-electron chi connectivity index (χ3n) is 2.30. The van der Waals surface area contributed by atoms with Gasteiger partial charge in [-0.25, -0.2) is 4.39 Å². The largest absolute Gasteiger partial charge is 0.486 e. The van der Waals surface area contributed by atoms with Gasteiger partial charge in [-0.3, -0.25) is 0 Å². The topological polar surface area (TPSA) is 33.0 Å². The summed E-state index contributed by atoms with van der Waals surface area (Å²) in [5, 5.41) is 8.82. The fourth-order valence-electron chi connectivity index (χ4n) is 1.05. The zero-order valence-electron chi connectivity index (χ0n) is 9.17. The molecule has 2 nitrogen and oxygen atoms in total. The van der Waals surface area contributed by atoms with E-state index in [4.69, 9.17) is 10.00 Å². The van der Waals surface area contributed by atoms with Crippen LogP contribution >= 0.6 is 0 Å². The molecule has 80 valence electrons. The molecule has 0 atom stereocenters. The van der Waals surface area contributed by atoms with E-state index in [9.17, 15) is 4.39 Å². The number of hydrogen-bond acceptors (Lipinski definition) is 2. The van der Waals surface area contributed by atoms with Gasteiger partial charge in [0.1, 0.15) is 23.2 Å². The van der Waals surface area contributed by atoms with E-state index in [-0.39, 0.29) is 11.2 Å². The number of nitriles is 1. The third-order valence-corrected chi connectivity index (χ3v) is 2.30. The lowest BCUT2D eigenvalue weighted by molar-refractivity contribution is 0.105. The molecule has 0 amide bonds. The van der Waals surface area contributed by atoms with Crippen molar-refractivity contribution in [1.82, 2.24) is 0 Å². The van der Waals surface area contributed by atoms with Crippen LogP contribution in [0.25, 0.3) is 0 Å². The van der Waals surface area contributed by atoms with Crippen molar-refractivity contribution >= 4 is 0 Å². The number of rotatable bonds is 3. The second-order valence-electron chi connectivity index (χ2n) is 3.97. The van der Waals surface area contributed by atoms with Gasteiger partial charge < -0.3 is 4.74 Å². The van der Waals surface area contributed by atoms with E-state index >= 15 is 0 Å². The van der Waals surface area contributed by atoms with E-state index in [1.807, 2.05) is 26.8 Å². The molecule has 3 heteroatoms. The molecule has 0 saturated heterocycles. The maximum absolute atomic E-state index is 12.8. The molecule has 0 fully saturated rings. The van der Waals surface area contributed by atoms with Crippen molar-refractivity contribution in [3.8, 4) is 11.8 Å². The van der Waals surface area contributed by atoms with E-state index in [0.717, 1.165) is 6.42 Å². The second kappa shape index (κ2) is 4.31. The van der Waals surface area contributed by atoms with Gasteiger partial charge in [-0.1, -0.05) is 6.92 Å². The molecule has 0 unspecified atom stereocenters. The molecule has 1 rings (SSSR count). The first-order chi connectivity index (χ1) is 6.98. The van der Waals surface area contributed by atoms with Gasteiger partial charge in [0, 0.05) is 0 Å². The highest BCUT2D eigenvalue weighted by Gasteiger charge is 2.18. The van der Waals surface area contributed by atoms with E-state index < -0.39 is 5.82 Å². The molecule has 15 heavy (non-hydrogen) atoms. The normalized spacial score (nSPS) is 10.9. The summed E-state index contributed by atoms with van der Waals surface area (Å²) in [5.41, 5.74) is -0.111. The molecule has 1 aromatic carbocycles. The molecule has 0 aliphatic heterocycles. The van der Waals surface area contributed by atoms with Gasteiger partial charge in [0.15, 0.2) is 0 Å². The molecule has 0 N–H and O–H groups in total. The Labute approximate surface area is 89.3 Å². The molecule has 0 aliphatic rings. The van der Waals surface area contributed by atoms with E-state index in [1.165, 1.54) is 18.2 Å². The predicted octanol–water partition coefficient (Wildman–Crippen LogP) is 3.26. The smallest absolute Gasteiger partial charge is 0.138 e. The predicted molar refractivity (Wildman–Crippen MR) is 56.1 cm³/mol. The highest BCUT2D eigenvalue weighted by molar-refractivity contribution is 5.43. The standard InChI is InChI=1S/C12H14FNO/c1-4-12(2,3)15-11-6-5-10(13)7-9(11)8-14/h5-7H,4H2,1-3H3. The Hall–Kier alpha value is -1.56. The zero-order valence-corrected chi connectivity index (χ0v) is 9.17. The minimum Gasteiger partial charge on any atom is -0.486 e. The van der Waals surface area contributed by atoms with Crippen LogP contribution in [0.2, 0.25) is 0 Å². The molecule has 1 aromatic rings. The molecule has 0 heterocycles. The highest BCUT2D eigenvalue weighted by Crippen LogP contribution is 2.25. The minimum atomic E-state index is -0.423. The lowest BCUT2D eigenvalue weighted by atomic mass is 10.1. The Bertz CT molecular complexity index is 393. The Morgan fingerprint density at radius 2 is 2.13 bits per heavy atom. The van der Waals surface area contributed by atoms with Crippen LogP contribution in [-0.2, 0) is 0 Å². The van der Waals surface area contributed by atoms with Gasteiger partial charge in [0.2, 0.25) is 0 Å². The summed E-state index contributed by atoms with van der Waals surface area (Å²) in [5.74, 6) is 0.0129. The summed E-state index contributed by atoms with van der Waals surface area (Å²) >= 11 is 0. The molecule has 0 saturated carbocycles. The number of halogens is 1. The summed E-state index contributed by atoms with van der Waals surface area (Å²) < 4.78 is 18.5. The second-order valence-corrected chi connectivity index (χ2v) is 3.97. The van der Waals surface area contributed by atoms with Crippen LogP contribution in [0.4, 0.5) is 4.39 Å². The van der Waals surface area contributed by atoms with Crippen molar-refractivity contribution in [2.75, 3.05) is 0 Å². The summed E-state index contributed by atoms with van der Waals surface area (Å²) in [4.78, 5) is 0. The molecule has 0 aromatic heterocycles. The van der Waals surface area contributed by atoms with Crippen LogP contribution < -0.4 is 4.74 Å². The van der Waals surface area contributed by atoms with E-state index in [1.54, 1.807) is 0 Å². The van der Waals surface area contributed by atoms with Crippen LogP contribution in [-0.4, -0.2) is 5.60 Å². The van der Waals surface area contributed by atoms with Gasteiger partial charge in [-0.15, -0.1) is 0 Å². The number of nitrogens with zero attached hydrogens (tertiary/aromatic N) is 1. The summed E-state index contributed by atoms with van der Waals surface area (Å²) in [7, 11) is 0. The third kappa shape index (κ3) is 2.95. The van der Waals surface area contributed by atoms with Crippen LogP contribution in [0, 0.1) is 17.1 Å². The van der Waals surface area contributed by atoms with E-state index in [2.05, 4.69) is 0 Å². The highest BCUT2D eigenvalue weighted by atomic mass is 19.1. The average molecular weight is 207 g/mol. The van der Waals surface area contributed by atoms with E-state index in [0.29, 0.717) is 5.75 Å². The molecule has 0 radical (unpaired) electrons. The first-order valence-corrected chi connectivity index (χ1v) is 4.87. The summed E-state index contributed by atoms with van der Waals surface area (Å²) in [6, 6.07) is 5.88. The first-order valence-electron chi connectivity index (χ1n) is 4.87. The molecular formula is C12H14FNO. The van der Waals surface area contributed by atoms with Crippen LogP contribution in [0.3, 0.4) is 0 Å². The van der Waals surface area contributed by atoms with Gasteiger partial charge in [-0.2, -0.15) is 5.26 Å². The quantitative estimate of drug-likeness (QED) is 0.762. The van der Waals surface area contributed by atoms with Crippen molar-refractivity contribution in [2.24, 2.45) is 0 Å². The fraction of sp³-hybridized carbons (Fsp3) is 0.417. The minimum absolute atomic E-state index is 0.233. The van der Waals surface area contributed by atoms with Crippen molar-refractivity contribution in [3.63, 3.8) is 0 Å². The Morgan fingerprint density at radius 1 is 1.47 bits per heavy atom. The molecule has 0 spiro atoms. The first kappa shape index (κ1) is 11.5. The summed E-state index contributed by atoms with van der Waals surface area (Å²) in [6.45, 7) is 5.85. The Morgan fingerprint density at radius 3 is 2.67 bits per heavy atom. The lowest BCUT2D eigenvalue weighted by Gasteiger charge is -2.25. The molecule has 0 aliphatic carbocycles. The van der Waals surface area contributed by atoms with Gasteiger partial charge in [0.25, 0.3) is 0 Å². The SMILES string of the molecule is CCC(C)(C)Oc1ccc(F)cc1C#N. The van der Waals surface area contributed by atoms with Gasteiger partial charge in [0.05, 0.1) is 5.56 Å². The number of hydrogen-bond donors (Lipinski definition) is 0. The monoisotopic (exact) mass is 207 g/mol. The van der Waals surface area contributed by atoms with Crippen molar-refractivity contribution in [2.45, 2.75) is 32.8 Å². The summed E-state index contributed by atoms with van der Waals surface area (Å²) in [6.07, 6.45) is 0.815. The Balaban J connectivity index is 3.01. The van der Waals surface area contributed by atoms with Gasteiger partial charge >= 0.3 is 0 Å².